The predicted octanol–water partition coefficient (Wildman–Crippen LogP) is 4.11. The number of hydrogen-bond donors (Lipinski definition) is 2. The molecule has 1 aromatic carbocycles. The van der Waals surface area contributed by atoms with Gasteiger partial charge in [0, 0.05) is 35.4 Å². The Labute approximate surface area is 137 Å². The van der Waals surface area contributed by atoms with Crippen LogP contribution in [0.1, 0.15) is 52.1 Å². The first-order valence-corrected chi connectivity index (χ1v) is 8.70. The molecule has 1 aromatic rings. The van der Waals surface area contributed by atoms with Crippen LogP contribution in [0.25, 0.3) is 0 Å². The number of benzene rings is 1. The van der Waals surface area contributed by atoms with Gasteiger partial charge < -0.3 is 15.3 Å². The first-order chi connectivity index (χ1) is 10.0. The molecule has 21 heavy (non-hydrogen) atoms. The van der Waals surface area contributed by atoms with Crippen LogP contribution in [0.5, 0.6) is 0 Å². The van der Waals surface area contributed by atoms with Gasteiger partial charge in [0.1, 0.15) is 0 Å². The number of aliphatic hydroxyl groups excluding tert-OH is 1. The molecule has 2 N–H and O–H groups in total. The van der Waals surface area contributed by atoms with Crippen LogP contribution in [0.15, 0.2) is 22.7 Å². The Hall–Kier alpha value is -0.580. The van der Waals surface area contributed by atoms with Gasteiger partial charge in [-0.2, -0.15) is 0 Å². The lowest BCUT2D eigenvalue weighted by molar-refractivity contribution is 0.288. The molecule has 0 fully saturated rings. The highest BCUT2D eigenvalue weighted by atomic mass is 79.9. The minimum Gasteiger partial charge on any atom is -0.396 e. The smallest absolute Gasteiger partial charge is 0.0447 e. The first-order valence-electron chi connectivity index (χ1n) is 7.91. The van der Waals surface area contributed by atoms with Crippen LogP contribution in [0.2, 0.25) is 0 Å². The minimum atomic E-state index is 0.235. The monoisotopic (exact) mass is 356 g/mol. The van der Waals surface area contributed by atoms with Crippen molar-refractivity contribution in [2.45, 2.75) is 52.6 Å². The fourth-order valence-corrected chi connectivity index (χ4v) is 2.88. The fraction of sp³-hybridized carbons (Fsp3) is 0.647. The van der Waals surface area contributed by atoms with E-state index in [1.54, 1.807) is 0 Å². The molecule has 0 heterocycles. The molecule has 0 bridgehead atoms. The molecule has 0 saturated heterocycles. The summed E-state index contributed by atoms with van der Waals surface area (Å²) in [5.74, 6) is 0. The van der Waals surface area contributed by atoms with Crippen LogP contribution in [-0.4, -0.2) is 30.8 Å². The number of nitrogens with one attached hydrogen (secondary N) is 1. The highest BCUT2D eigenvalue weighted by Gasteiger charge is 2.17. The van der Waals surface area contributed by atoms with Gasteiger partial charge >= 0.3 is 0 Å². The van der Waals surface area contributed by atoms with Crippen molar-refractivity contribution in [1.82, 2.24) is 5.32 Å². The number of hydrogen-bond acceptors (Lipinski definition) is 3. The molecular formula is C17H29BrN2O. The van der Waals surface area contributed by atoms with Gasteiger partial charge in [-0.3, -0.25) is 0 Å². The molecule has 4 heteroatoms. The second-order valence-corrected chi connectivity index (χ2v) is 6.66. The maximum atomic E-state index is 9.14. The Bertz CT molecular complexity index is 423. The quantitative estimate of drug-likeness (QED) is 0.698. The van der Waals surface area contributed by atoms with Gasteiger partial charge in [-0.1, -0.05) is 22.9 Å². The van der Waals surface area contributed by atoms with Crippen LogP contribution < -0.4 is 10.2 Å². The van der Waals surface area contributed by atoms with Crippen molar-refractivity contribution in [3.8, 4) is 0 Å². The number of aliphatic hydroxyl groups is 1. The maximum absolute atomic E-state index is 9.14. The molecule has 0 aromatic heterocycles. The molecule has 0 spiro atoms. The number of anilines is 1. The molecule has 0 amide bonds. The Balaban J connectivity index is 3.07. The molecule has 0 radical (unpaired) electrons. The zero-order chi connectivity index (χ0) is 15.8. The lowest BCUT2D eigenvalue weighted by atomic mass is 10.0. The van der Waals surface area contributed by atoms with Crippen LogP contribution in [0.3, 0.4) is 0 Å². The molecule has 3 nitrogen and oxygen atoms in total. The molecule has 0 aliphatic rings. The molecule has 120 valence electrons. The lowest BCUT2D eigenvalue weighted by Gasteiger charge is -2.32. The summed E-state index contributed by atoms with van der Waals surface area (Å²) >= 11 is 3.59. The Kier molecular flexibility index (Phi) is 8.30. The predicted molar refractivity (Wildman–Crippen MR) is 95.0 cm³/mol. The molecule has 1 unspecified atom stereocenters. The molecule has 0 aliphatic heterocycles. The van der Waals surface area contributed by atoms with E-state index in [4.69, 9.17) is 5.11 Å². The lowest BCUT2D eigenvalue weighted by Crippen LogP contribution is -2.34. The largest absolute Gasteiger partial charge is 0.396 e. The Morgan fingerprint density at radius 3 is 2.57 bits per heavy atom. The van der Waals surface area contributed by atoms with Crippen molar-refractivity contribution < 1.29 is 5.11 Å². The van der Waals surface area contributed by atoms with Crippen LogP contribution in [0, 0.1) is 0 Å². The molecule has 0 aliphatic carbocycles. The topological polar surface area (TPSA) is 35.5 Å². The summed E-state index contributed by atoms with van der Waals surface area (Å²) < 4.78 is 1.11. The highest BCUT2D eigenvalue weighted by molar-refractivity contribution is 9.10. The summed E-state index contributed by atoms with van der Waals surface area (Å²) in [5.41, 5.74) is 2.57. The average Bonchev–Trinajstić information content (AvgIpc) is 2.46. The summed E-state index contributed by atoms with van der Waals surface area (Å²) in [6.07, 6.45) is 1.93. The Morgan fingerprint density at radius 2 is 2.00 bits per heavy atom. The van der Waals surface area contributed by atoms with Crippen molar-refractivity contribution >= 4 is 21.6 Å². The van der Waals surface area contributed by atoms with Crippen molar-refractivity contribution in [3.05, 3.63) is 28.2 Å². The van der Waals surface area contributed by atoms with Gasteiger partial charge in [-0.15, -0.1) is 0 Å². The first kappa shape index (κ1) is 18.5. The maximum Gasteiger partial charge on any atom is 0.0447 e. The van der Waals surface area contributed by atoms with Gasteiger partial charge in [0.15, 0.2) is 0 Å². The molecule has 1 atom stereocenters. The molecular weight excluding hydrogens is 328 g/mol. The van der Waals surface area contributed by atoms with Gasteiger partial charge in [-0.05, 0) is 63.9 Å². The van der Waals surface area contributed by atoms with Gasteiger partial charge in [0.2, 0.25) is 0 Å². The van der Waals surface area contributed by atoms with E-state index in [1.165, 1.54) is 11.3 Å². The summed E-state index contributed by atoms with van der Waals surface area (Å²) in [4.78, 5) is 2.38. The minimum absolute atomic E-state index is 0.235. The molecule has 1 rings (SSSR count). The van der Waals surface area contributed by atoms with E-state index in [2.05, 4.69) is 72.0 Å². The van der Waals surface area contributed by atoms with Crippen LogP contribution in [0.4, 0.5) is 5.69 Å². The highest BCUT2D eigenvalue weighted by Crippen LogP contribution is 2.31. The average molecular weight is 357 g/mol. The van der Waals surface area contributed by atoms with Crippen molar-refractivity contribution in [1.29, 1.82) is 0 Å². The normalized spacial score (nSPS) is 12.7. The SMILES string of the molecule is CCCNC(C)c1cc(Br)ccc1N(CCCO)C(C)C. The van der Waals surface area contributed by atoms with E-state index in [-0.39, 0.29) is 6.61 Å². The van der Waals surface area contributed by atoms with Crippen molar-refractivity contribution in [3.63, 3.8) is 0 Å². The van der Waals surface area contributed by atoms with Crippen molar-refractivity contribution in [2.24, 2.45) is 0 Å². The third-order valence-corrected chi connectivity index (χ3v) is 4.14. The number of halogens is 1. The third-order valence-electron chi connectivity index (χ3n) is 3.65. The van der Waals surface area contributed by atoms with E-state index in [1.807, 2.05) is 0 Å². The summed E-state index contributed by atoms with van der Waals surface area (Å²) in [5, 5.41) is 12.7. The Morgan fingerprint density at radius 1 is 1.29 bits per heavy atom. The van der Waals surface area contributed by atoms with Crippen molar-refractivity contribution in [2.75, 3.05) is 24.6 Å². The number of rotatable bonds is 9. The number of nitrogens with zero attached hydrogens (tertiary/aromatic N) is 1. The second kappa shape index (κ2) is 9.44. The summed E-state index contributed by atoms with van der Waals surface area (Å²) in [7, 11) is 0. The zero-order valence-electron chi connectivity index (χ0n) is 13.7. The fourth-order valence-electron chi connectivity index (χ4n) is 2.50. The van der Waals surface area contributed by atoms with E-state index < -0.39 is 0 Å². The van der Waals surface area contributed by atoms with Crippen LogP contribution in [-0.2, 0) is 0 Å². The van der Waals surface area contributed by atoms with E-state index >= 15 is 0 Å². The third kappa shape index (κ3) is 5.61. The standard InChI is InChI=1S/C17H29BrN2O/c1-5-9-19-14(4)16-12-15(18)7-8-17(16)20(13(2)3)10-6-11-21/h7-8,12-14,19,21H,5-6,9-11H2,1-4H3. The van der Waals surface area contributed by atoms with Gasteiger partial charge in [0.25, 0.3) is 0 Å². The van der Waals surface area contributed by atoms with E-state index in [9.17, 15) is 0 Å². The summed E-state index contributed by atoms with van der Waals surface area (Å²) in [6, 6.07) is 7.21. The summed E-state index contributed by atoms with van der Waals surface area (Å²) in [6.45, 7) is 10.9. The van der Waals surface area contributed by atoms with Gasteiger partial charge in [-0.25, -0.2) is 0 Å². The van der Waals surface area contributed by atoms with E-state index in [0.717, 1.165) is 30.4 Å². The van der Waals surface area contributed by atoms with Crippen LogP contribution >= 0.6 is 15.9 Å². The molecule has 0 saturated carbocycles. The second-order valence-electron chi connectivity index (χ2n) is 5.74. The van der Waals surface area contributed by atoms with Gasteiger partial charge in [0.05, 0.1) is 0 Å². The van der Waals surface area contributed by atoms with E-state index in [0.29, 0.717) is 12.1 Å². The zero-order valence-corrected chi connectivity index (χ0v) is 15.3.